The van der Waals surface area contributed by atoms with Crippen molar-refractivity contribution in [3.05, 3.63) is 106 Å². The number of halogens is 1. The molecule has 0 unspecified atom stereocenters. The molecule has 0 bridgehead atoms. The predicted octanol–water partition coefficient (Wildman–Crippen LogP) is 5.39. The van der Waals surface area contributed by atoms with Crippen LogP contribution in [0.4, 0.5) is 5.69 Å². The number of benzene rings is 3. The Bertz CT molecular complexity index is 1160. The quantitative estimate of drug-likeness (QED) is 0.533. The zero-order valence-corrected chi connectivity index (χ0v) is 18.2. The molecule has 1 N–H and O–H groups in total. The van der Waals surface area contributed by atoms with Gasteiger partial charge in [0.05, 0.1) is 5.57 Å². The maximum atomic E-state index is 13.3. The lowest BCUT2D eigenvalue weighted by Gasteiger charge is -2.15. The Hall–Kier alpha value is -3.37. The molecule has 31 heavy (non-hydrogen) atoms. The molecule has 3 aromatic carbocycles. The van der Waals surface area contributed by atoms with Gasteiger partial charge >= 0.3 is 0 Å². The Morgan fingerprint density at radius 2 is 1.55 bits per heavy atom. The van der Waals surface area contributed by atoms with Crippen LogP contribution in [0.5, 0.6) is 0 Å². The van der Waals surface area contributed by atoms with Crippen LogP contribution in [0.3, 0.4) is 0 Å². The molecule has 0 saturated carbocycles. The van der Waals surface area contributed by atoms with E-state index in [4.69, 9.17) is 11.6 Å². The lowest BCUT2D eigenvalue weighted by atomic mass is 10.0. The number of hydrogen-bond acceptors (Lipinski definition) is 3. The summed E-state index contributed by atoms with van der Waals surface area (Å²) in [6.45, 7) is 4.28. The molecule has 156 valence electrons. The highest BCUT2D eigenvalue weighted by molar-refractivity contribution is 6.36. The predicted molar refractivity (Wildman–Crippen MR) is 125 cm³/mol. The van der Waals surface area contributed by atoms with Crippen molar-refractivity contribution < 1.29 is 9.59 Å². The van der Waals surface area contributed by atoms with E-state index in [0.29, 0.717) is 29.3 Å². The van der Waals surface area contributed by atoms with E-state index in [1.54, 1.807) is 0 Å². The van der Waals surface area contributed by atoms with Gasteiger partial charge in [-0.25, -0.2) is 0 Å². The summed E-state index contributed by atoms with van der Waals surface area (Å²) in [6.07, 6.45) is 0.563. The molecular weight excluding hydrogens is 408 g/mol. The molecule has 4 rings (SSSR count). The normalized spacial score (nSPS) is 13.8. The van der Waals surface area contributed by atoms with E-state index in [0.717, 1.165) is 27.9 Å². The number of aryl methyl sites for hydroxylation is 2. The van der Waals surface area contributed by atoms with Crippen LogP contribution >= 0.6 is 11.6 Å². The van der Waals surface area contributed by atoms with Gasteiger partial charge in [-0.15, -0.1) is 0 Å². The molecule has 1 heterocycles. The lowest BCUT2D eigenvalue weighted by Crippen LogP contribution is -2.34. The third kappa shape index (κ3) is 4.54. The number of imide groups is 1. The molecule has 5 heteroatoms. The molecule has 1 aliphatic heterocycles. The number of hydrogen-bond donors (Lipinski definition) is 1. The second-order valence-electron chi connectivity index (χ2n) is 7.75. The van der Waals surface area contributed by atoms with E-state index >= 15 is 0 Å². The van der Waals surface area contributed by atoms with E-state index in [9.17, 15) is 9.59 Å². The van der Waals surface area contributed by atoms with Crippen LogP contribution in [0.2, 0.25) is 5.02 Å². The first kappa shape index (κ1) is 20.9. The van der Waals surface area contributed by atoms with Gasteiger partial charge in [-0.3, -0.25) is 14.5 Å². The molecule has 1 aliphatic rings. The minimum atomic E-state index is -0.309. The summed E-state index contributed by atoms with van der Waals surface area (Å²) in [5, 5.41) is 3.87. The van der Waals surface area contributed by atoms with Gasteiger partial charge in [0, 0.05) is 17.3 Å². The number of anilines is 1. The fourth-order valence-corrected chi connectivity index (χ4v) is 3.77. The zero-order valence-electron chi connectivity index (χ0n) is 17.5. The van der Waals surface area contributed by atoms with Gasteiger partial charge in [0.25, 0.3) is 11.8 Å². The Balaban J connectivity index is 1.65. The largest absolute Gasteiger partial charge is 0.350 e. The summed E-state index contributed by atoms with van der Waals surface area (Å²) in [5.41, 5.74) is 5.40. The maximum Gasteiger partial charge on any atom is 0.278 e. The van der Waals surface area contributed by atoms with Crippen molar-refractivity contribution in [2.24, 2.45) is 0 Å². The standard InChI is InChI=1S/C26H23ClN2O2/c1-17-6-10-20(11-7-17)23-24(28-22-5-3-4-18(2)16-22)26(31)29(25(23)30)15-14-19-8-12-21(27)13-9-19/h3-13,16,28H,14-15H2,1-2H3. The van der Waals surface area contributed by atoms with Gasteiger partial charge in [-0.05, 0) is 61.2 Å². The molecule has 0 fully saturated rings. The van der Waals surface area contributed by atoms with Crippen molar-refractivity contribution >= 4 is 34.7 Å². The number of rotatable bonds is 6. The van der Waals surface area contributed by atoms with Crippen LogP contribution in [0.25, 0.3) is 5.57 Å². The van der Waals surface area contributed by atoms with Crippen LogP contribution in [-0.4, -0.2) is 23.3 Å². The van der Waals surface area contributed by atoms with Crippen LogP contribution < -0.4 is 5.32 Å². The minimum Gasteiger partial charge on any atom is -0.350 e. The van der Waals surface area contributed by atoms with Gasteiger partial charge in [0.15, 0.2) is 0 Å². The highest BCUT2D eigenvalue weighted by atomic mass is 35.5. The highest BCUT2D eigenvalue weighted by Crippen LogP contribution is 2.31. The Kier molecular flexibility index (Phi) is 5.92. The Morgan fingerprint density at radius 3 is 2.23 bits per heavy atom. The second-order valence-corrected chi connectivity index (χ2v) is 8.19. The molecule has 0 radical (unpaired) electrons. The number of carbonyl (C=O) groups is 2. The molecule has 4 nitrogen and oxygen atoms in total. The van der Waals surface area contributed by atoms with Crippen molar-refractivity contribution in [3.8, 4) is 0 Å². The Morgan fingerprint density at radius 1 is 0.839 bits per heavy atom. The smallest absolute Gasteiger partial charge is 0.278 e. The van der Waals surface area contributed by atoms with E-state index in [1.807, 2.05) is 86.6 Å². The average molecular weight is 431 g/mol. The number of nitrogens with one attached hydrogen (secondary N) is 1. The summed E-state index contributed by atoms with van der Waals surface area (Å²) >= 11 is 5.96. The molecule has 3 aromatic rings. The monoisotopic (exact) mass is 430 g/mol. The molecule has 0 aromatic heterocycles. The molecule has 0 spiro atoms. The van der Waals surface area contributed by atoms with Gasteiger partial charge in [0.1, 0.15) is 5.70 Å². The van der Waals surface area contributed by atoms with Gasteiger partial charge in [-0.2, -0.15) is 0 Å². The summed E-state index contributed by atoms with van der Waals surface area (Å²) in [4.78, 5) is 27.9. The highest BCUT2D eigenvalue weighted by Gasteiger charge is 2.38. The number of carbonyl (C=O) groups excluding carboxylic acids is 2. The summed E-state index contributed by atoms with van der Waals surface area (Å²) in [5.74, 6) is -0.589. The topological polar surface area (TPSA) is 49.4 Å². The molecule has 0 atom stereocenters. The van der Waals surface area contributed by atoms with E-state index in [2.05, 4.69) is 5.32 Å². The van der Waals surface area contributed by atoms with Crippen molar-refractivity contribution in [3.63, 3.8) is 0 Å². The second kappa shape index (κ2) is 8.78. The summed E-state index contributed by atoms with van der Waals surface area (Å²) < 4.78 is 0. The number of nitrogens with zero attached hydrogens (tertiary/aromatic N) is 1. The fraction of sp³-hybridized carbons (Fsp3) is 0.154. The lowest BCUT2D eigenvalue weighted by molar-refractivity contribution is -0.136. The van der Waals surface area contributed by atoms with Gasteiger partial charge in [0.2, 0.25) is 0 Å². The van der Waals surface area contributed by atoms with Crippen molar-refractivity contribution in [1.29, 1.82) is 0 Å². The van der Waals surface area contributed by atoms with Crippen molar-refractivity contribution in [2.75, 3.05) is 11.9 Å². The summed E-state index contributed by atoms with van der Waals surface area (Å²) in [6, 6.07) is 22.9. The first-order valence-corrected chi connectivity index (χ1v) is 10.6. The fourth-order valence-electron chi connectivity index (χ4n) is 3.64. The maximum absolute atomic E-state index is 13.3. The van der Waals surface area contributed by atoms with Crippen molar-refractivity contribution in [2.45, 2.75) is 20.3 Å². The minimum absolute atomic E-state index is 0.280. The van der Waals surface area contributed by atoms with Crippen molar-refractivity contribution in [1.82, 2.24) is 4.90 Å². The first-order valence-electron chi connectivity index (χ1n) is 10.2. The molecular formula is C26H23ClN2O2. The van der Waals surface area contributed by atoms with E-state index in [-0.39, 0.29) is 11.8 Å². The third-order valence-corrected chi connectivity index (χ3v) is 5.59. The van der Waals surface area contributed by atoms with Crippen LogP contribution in [-0.2, 0) is 16.0 Å². The number of amides is 2. The Labute approximate surface area is 187 Å². The van der Waals surface area contributed by atoms with Crippen LogP contribution in [0, 0.1) is 13.8 Å². The summed E-state index contributed by atoms with van der Waals surface area (Å²) in [7, 11) is 0. The molecule has 2 amide bonds. The molecule has 0 aliphatic carbocycles. The first-order chi connectivity index (χ1) is 14.9. The molecule has 0 saturated heterocycles. The third-order valence-electron chi connectivity index (χ3n) is 5.33. The van der Waals surface area contributed by atoms with Crippen LogP contribution in [0.15, 0.2) is 78.5 Å². The van der Waals surface area contributed by atoms with Gasteiger partial charge in [-0.1, -0.05) is 65.7 Å². The van der Waals surface area contributed by atoms with Crippen LogP contribution in [0.1, 0.15) is 22.3 Å². The van der Waals surface area contributed by atoms with E-state index < -0.39 is 0 Å². The van der Waals surface area contributed by atoms with E-state index in [1.165, 1.54) is 4.90 Å². The SMILES string of the molecule is Cc1ccc(C2=C(Nc3cccc(C)c3)C(=O)N(CCc3ccc(Cl)cc3)C2=O)cc1. The zero-order chi connectivity index (χ0) is 22.0. The average Bonchev–Trinajstić information content (AvgIpc) is 2.98. The van der Waals surface area contributed by atoms with Gasteiger partial charge < -0.3 is 5.32 Å².